The monoisotopic (exact) mass is 458 g/mol. The van der Waals surface area contributed by atoms with Crippen molar-refractivity contribution in [2.75, 3.05) is 13.2 Å². The molecule has 0 saturated carbocycles. The van der Waals surface area contributed by atoms with Gasteiger partial charge in [0.15, 0.2) is 0 Å². The van der Waals surface area contributed by atoms with Crippen LogP contribution in [0.4, 0.5) is 0 Å². The molecule has 0 radical (unpaired) electrons. The summed E-state index contributed by atoms with van der Waals surface area (Å²) in [4.78, 5) is 12.3. The number of sulfonamides is 1. The largest absolute Gasteiger partial charge is 0.491 e. The second-order valence-electron chi connectivity index (χ2n) is 6.80. The quantitative estimate of drug-likeness (QED) is 0.477. The molecule has 3 rings (SSSR count). The van der Waals surface area contributed by atoms with Gasteiger partial charge in [-0.25, -0.2) is 8.42 Å². The van der Waals surface area contributed by atoms with Gasteiger partial charge in [-0.1, -0.05) is 60.1 Å². The Bertz CT molecular complexity index is 1120. The first-order valence-electron chi connectivity index (χ1n) is 9.70. The predicted molar refractivity (Wildman–Crippen MR) is 122 cm³/mol. The van der Waals surface area contributed by atoms with Gasteiger partial charge < -0.3 is 10.1 Å². The van der Waals surface area contributed by atoms with Crippen molar-refractivity contribution < 1.29 is 17.9 Å². The van der Waals surface area contributed by atoms with Crippen molar-refractivity contribution in [2.45, 2.75) is 17.9 Å². The van der Waals surface area contributed by atoms with Crippen LogP contribution >= 0.6 is 11.6 Å². The number of nitrogens with one attached hydrogen (secondary N) is 2. The maximum Gasteiger partial charge on any atom is 0.241 e. The van der Waals surface area contributed by atoms with E-state index in [0.717, 1.165) is 11.1 Å². The average Bonchev–Trinajstić information content (AvgIpc) is 2.77. The smallest absolute Gasteiger partial charge is 0.241 e. The molecule has 8 heteroatoms. The van der Waals surface area contributed by atoms with Gasteiger partial charge in [0, 0.05) is 10.6 Å². The maximum absolute atomic E-state index is 12.4. The molecule has 1 atom stereocenters. The summed E-state index contributed by atoms with van der Waals surface area (Å²) < 4.78 is 33.0. The van der Waals surface area contributed by atoms with Crippen molar-refractivity contribution in [2.24, 2.45) is 0 Å². The third kappa shape index (κ3) is 6.30. The van der Waals surface area contributed by atoms with Crippen LogP contribution in [0.1, 0.15) is 6.92 Å². The fourth-order valence-electron chi connectivity index (χ4n) is 2.91. The molecular formula is C23H23ClN2O4S. The van der Waals surface area contributed by atoms with Gasteiger partial charge in [0.2, 0.25) is 15.9 Å². The lowest BCUT2D eigenvalue weighted by atomic mass is 10.1. The van der Waals surface area contributed by atoms with Gasteiger partial charge in [-0.2, -0.15) is 4.72 Å². The molecule has 0 aromatic heterocycles. The van der Waals surface area contributed by atoms with Crippen LogP contribution in [0.5, 0.6) is 5.75 Å². The van der Waals surface area contributed by atoms with Gasteiger partial charge >= 0.3 is 0 Å². The molecule has 0 heterocycles. The molecule has 0 aliphatic carbocycles. The molecule has 0 bridgehead atoms. The summed E-state index contributed by atoms with van der Waals surface area (Å²) in [7, 11) is -3.83. The van der Waals surface area contributed by atoms with Gasteiger partial charge in [-0.05, 0) is 42.8 Å². The number of halogens is 1. The van der Waals surface area contributed by atoms with E-state index in [4.69, 9.17) is 16.3 Å². The molecule has 3 aromatic rings. The summed E-state index contributed by atoms with van der Waals surface area (Å²) >= 11 is 5.79. The van der Waals surface area contributed by atoms with Crippen LogP contribution < -0.4 is 14.8 Å². The van der Waals surface area contributed by atoms with Crippen molar-refractivity contribution in [1.29, 1.82) is 0 Å². The molecule has 3 aromatic carbocycles. The summed E-state index contributed by atoms with van der Waals surface area (Å²) in [5.74, 6) is 0.261. The zero-order valence-corrected chi connectivity index (χ0v) is 18.5. The number of para-hydroxylation sites is 1. The number of rotatable bonds is 9. The van der Waals surface area contributed by atoms with Crippen molar-refractivity contribution >= 4 is 27.5 Å². The van der Waals surface area contributed by atoms with Crippen LogP contribution in [0.25, 0.3) is 11.1 Å². The number of carbonyl (C=O) groups excluding carboxylic acids is 1. The van der Waals surface area contributed by atoms with Crippen molar-refractivity contribution in [3.63, 3.8) is 0 Å². The molecule has 0 saturated heterocycles. The van der Waals surface area contributed by atoms with E-state index in [1.165, 1.54) is 31.2 Å². The van der Waals surface area contributed by atoms with E-state index >= 15 is 0 Å². The highest BCUT2D eigenvalue weighted by molar-refractivity contribution is 7.89. The normalized spacial score (nSPS) is 12.2. The molecule has 6 nitrogen and oxygen atoms in total. The molecule has 1 amide bonds. The molecule has 31 heavy (non-hydrogen) atoms. The maximum atomic E-state index is 12.4. The first-order valence-corrected chi connectivity index (χ1v) is 11.6. The molecule has 0 fully saturated rings. The van der Waals surface area contributed by atoms with Crippen molar-refractivity contribution in [3.8, 4) is 16.9 Å². The van der Waals surface area contributed by atoms with Crippen LogP contribution in [0, 0.1) is 0 Å². The number of amides is 1. The Morgan fingerprint density at radius 3 is 2.32 bits per heavy atom. The van der Waals surface area contributed by atoms with Crippen LogP contribution in [0.15, 0.2) is 83.8 Å². The zero-order valence-electron chi connectivity index (χ0n) is 16.9. The first kappa shape index (κ1) is 22.8. The summed E-state index contributed by atoms with van der Waals surface area (Å²) in [6, 6.07) is 22.3. The van der Waals surface area contributed by atoms with Gasteiger partial charge in [0.1, 0.15) is 12.4 Å². The van der Waals surface area contributed by atoms with Crippen molar-refractivity contribution in [3.05, 3.63) is 83.9 Å². The molecular weight excluding hydrogens is 436 g/mol. The van der Waals surface area contributed by atoms with Gasteiger partial charge in [0.05, 0.1) is 17.5 Å². The van der Waals surface area contributed by atoms with Gasteiger partial charge in [-0.15, -0.1) is 0 Å². The highest BCUT2D eigenvalue weighted by Gasteiger charge is 2.21. The third-order valence-electron chi connectivity index (χ3n) is 4.48. The van der Waals surface area contributed by atoms with E-state index in [-0.39, 0.29) is 18.0 Å². The van der Waals surface area contributed by atoms with E-state index < -0.39 is 22.0 Å². The lowest BCUT2D eigenvalue weighted by Gasteiger charge is -2.15. The number of benzene rings is 3. The van der Waals surface area contributed by atoms with Gasteiger partial charge in [0.25, 0.3) is 0 Å². The highest BCUT2D eigenvalue weighted by Crippen LogP contribution is 2.29. The predicted octanol–water partition coefficient (Wildman–Crippen LogP) is 3.87. The Morgan fingerprint density at radius 2 is 1.61 bits per heavy atom. The molecule has 0 aliphatic rings. The topological polar surface area (TPSA) is 84.5 Å². The van der Waals surface area contributed by atoms with Crippen LogP contribution in [0.2, 0.25) is 5.02 Å². The summed E-state index contributed by atoms with van der Waals surface area (Å²) in [6.07, 6.45) is 0. The molecule has 2 N–H and O–H groups in total. The second kappa shape index (κ2) is 10.4. The number of hydrogen-bond donors (Lipinski definition) is 2. The minimum atomic E-state index is -3.83. The second-order valence-corrected chi connectivity index (χ2v) is 8.95. The zero-order chi connectivity index (χ0) is 22.3. The average molecular weight is 459 g/mol. The molecule has 162 valence electrons. The molecule has 0 aliphatic heterocycles. The molecule has 0 spiro atoms. The Hall–Kier alpha value is -2.87. The van der Waals surface area contributed by atoms with Crippen molar-refractivity contribution in [1.82, 2.24) is 10.0 Å². The summed E-state index contributed by atoms with van der Waals surface area (Å²) in [6.45, 7) is 1.95. The van der Waals surface area contributed by atoms with Crippen LogP contribution in [-0.4, -0.2) is 33.5 Å². The minimum absolute atomic E-state index is 0.0393. The Labute approximate surface area is 187 Å². The number of ether oxygens (including phenoxy) is 1. The number of carbonyl (C=O) groups is 1. The lowest BCUT2D eigenvalue weighted by molar-refractivity contribution is -0.122. The first-order chi connectivity index (χ1) is 14.9. The standard InChI is InChI=1S/C23H23ClN2O4S/c1-17(26-31(28,29)20-13-11-19(24)12-14-20)23(27)25-15-16-30-22-10-6-5-9-21(22)18-7-3-2-4-8-18/h2-14,17,26H,15-16H2,1H3,(H,25,27)/t17-/m0/s1. The van der Waals surface area contributed by atoms with E-state index in [9.17, 15) is 13.2 Å². The summed E-state index contributed by atoms with van der Waals surface area (Å²) in [5.41, 5.74) is 1.99. The van der Waals surface area contributed by atoms with Gasteiger partial charge in [-0.3, -0.25) is 4.79 Å². The SMILES string of the molecule is C[C@H](NS(=O)(=O)c1ccc(Cl)cc1)C(=O)NCCOc1ccccc1-c1ccccc1. The Morgan fingerprint density at radius 1 is 0.968 bits per heavy atom. The highest BCUT2D eigenvalue weighted by atomic mass is 35.5. The van der Waals surface area contributed by atoms with Crippen LogP contribution in [0.3, 0.4) is 0 Å². The minimum Gasteiger partial charge on any atom is -0.491 e. The Balaban J connectivity index is 1.51. The summed E-state index contributed by atoms with van der Waals surface area (Å²) in [5, 5.41) is 3.11. The Kier molecular flexibility index (Phi) is 7.68. The van der Waals surface area contributed by atoms with E-state index in [1.807, 2.05) is 54.6 Å². The van der Waals surface area contributed by atoms with E-state index in [0.29, 0.717) is 10.8 Å². The molecule has 0 unspecified atom stereocenters. The third-order valence-corrected chi connectivity index (χ3v) is 6.29. The van der Waals surface area contributed by atoms with Crippen LogP contribution in [-0.2, 0) is 14.8 Å². The fraction of sp³-hybridized carbons (Fsp3) is 0.174. The van der Waals surface area contributed by atoms with E-state index in [1.54, 1.807) is 0 Å². The fourth-order valence-corrected chi connectivity index (χ4v) is 4.23. The number of hydrogen-bond acceptors (Lipinski definition) is 4. The van der Waals surface area contributed by atoms with E-state index in [2.05, 4.69) is 10.0 Å². The lowest BCUT2D eigenvalue weighted by Crippen LogP contribution is -2.45.